The molecule has 2 aromatic carbocycles. The average Bonchev–Trinajstić information content (AvgIpc) is 3.33. The van der Waals surface area contributed by atoms with E-state index >= 15 is 0 Å². The van der Waals surface area contributed by atoms with Gasteiger partial charge in [0.2, 0.25) is 0 Å². The first-order valence-electron chi connectivity index (χ1n) is 9.09. The summed E-state index contributed by atoms with van der Waals surface area (Å²) < 4.78 is 25.5. The Bertz CT molecular complexity index is 1210. The van der Waals surface area contributed by atoms with Crippen LogP contribution in [0, 0.1) is 12.7 Å². The number of carbonyl (C=O) groups is 1. The minimum atomic E-state index is -0.475. The summed E-state index contributed by atoms with van der Waals surface area (Å²) in [5, 5.41) is 12.7. The number of benzene rings is 2. The first-order valence-corrected chi connectivity index (χ1v) is 10.9. The van der Waals surface area contributed by atoms with Gasteiger partial charge in [-0.05, 0) is 30.7 Å². The van der Waals surface area contributed by atoms with Crippen LogP contribution >= 0.6 is 23.1 Å². The predicted molar refractivity (Wildman–Crippen MR) is 115 cm³/mol. The van der Waals surface area contributed by atoms with Gasteiger partial charge in [-0.2, -0.15) is 0 Å². The van der Waals surface area contributed by atoms with Crippen molar-refractivity contribution in [1.29, 1.82) is 0 Å². The fraction of sp³-hybridized carbons (Fsp3) is 0.190. The smallest absolute Gasteiger partial charge is 0.287 e. The predicted octanol–water partition coefficient (Wildman–Crippen LogP) is 4.96. The first kappa shape index (κ1) is 20.4. The van der Waals surface area contributed by atoms with Crippen molar-refractivity contribution in [3.63, 3.8) is 0 Å². The molecule has 0 radical (unpaired) electrons. The molecule has 1 amide bonds. The number of ether oxygens (including phenoxy) is 1. The number of rotatable bonds is 7. The van der Waals surface area contributed by atoms with Crippen molar-refractivity contribution in [2.75, 3.05) is 7.11 Å². The summed E-state index contributed by atoms with van der Waals surface area (Å²) in [6.45, 7) is 2.06. The number of halogens is 1. The molecule has 6 nitrogen and oxygen atoms in total. The summed E-state index contributed by atoms with van der Waals surface area (Å²) in [7, 11) is 1.41. The van der Waals surface area contributed by atoms with Crippen LogP contribution in [0.1, 0.15) is 26.7 Å². The van der Waals surface area contributed by atoms with Gasteiger partial charge in [0.25, 0.3) is 5.91 Å². The van der Waals surface area contributed by atoms with Gasteiger partial charge in [0.05, 0.1) is 7.11 Å². The largest absolute Gasteiger partial charge is 0.494 e. The number of carbonyl (C=O) groups excluding carboxylic acids is 1. The third-order valence-corrected chi connectivity index (χ3v) is 6.42. The summed E-state index contributed by atoms with van der Waals surface area (Å²) in [6, 6.07) is 12.1. The Balaban J connectivity index is 1.54. The zero-order valence-electron chi connectivity index (χ0n) is 16.3. The van der Waals surface area contributed by atoms with E-state index < -0.39 is 5.82 Å². The maximum absolute atomic E-state index is 13.9. The Morgan fingerprint density at radius 1 is 1.27 bits per heavy atom. The number of amides is 1. The minimum absolute atomic E-state index is 0.161. The van der Waals surface area contributed by atoms with E-state index in [9.17, 15) is 9.18 Å². The maximum Gasteiger partial charge on any atom is 0.287 e. The van der Waals surface area contributed by atoms with Gasteiger partial charge in [0.1, 0.15) is 10.6 Å². The lowest BCUT2D eigenvalue weighted by molar-refractivity contribution is 0.0924. The number of para-hydroxylation sites is 1. The highest BCUT2D eigenvalue weighted by Gasteiger charge is 2.21. The highest BCUT2D eigenvalue weighted by Crippen LogP contribution is 2.33. The summed E-state index contributed by atoms with van der Waals surface area (Å²) in [5.41, 5.74) is 2.06. The second-order valence-corrected chi connectivity index (χ2v) is 8.84. The standard InChI is InChI=1S/C21H18FN3O3S2/c1-12-24-25-21(30-12)29-11-15-14-5-3-4-6-17(14)28-19(15)20(26)23-10-13-7-8-18(27-2)16(22)9-13/h3-9H,10-11H2,1-2H3,(H,23,26). The molecule has 0 saturated heterocycles. The molecule has 0 atom stereocenters. The van der Waals surface area contributed by atoms with Gasteiger partial charge in [-0.1, -0.05) is 47.4 Å². The number of furan rings is 1. The van der Waals surface area contributed by atoms with Gasteiger partial charge in [0, 0.05) is 23.2 Å². The van der Waals surface area contributed by atoms with E-state index in [0.29, 0.717) is 16.9 Å². The van der Waals surface area contributed by atoms with E-state index in [2.05, 4.69) is 15.5 Å². The lowest BCUT2D eigenvalue weighted by Gasteiger charge is -2.07. The third-order valence-electron chi connectivity index (χ3n) is 4.42. The van der Waals surface area contributed by atoms with Crippen molar-refractivity contribution in [2.24, 2.45) is 0 Å². The van der Waals surface area contributed by atoms with Gasteiger partial charge < -0.3 is 14.5 Å². The molecule has 4 aromatic rings. The van der Waals surface area contributed by atoms with Crippen LogP contribution in [0.4, 0.5) is 4.39 Å². The van der Waals surface area contributed by atoms with Crippen LogP contribution in [0.3, 0.4) is 0 Å². The van der Waals surface area contributed by atoms with Crippen LogP contribution in [0.2, 0.25) is 0 Å². The topological polar surface area (TPSA) is 77.2 Å². The molecule has 4 rings (SSSR count). The van der Waals surface area contributed by atoms with Crippen LogP contribution in [-0.4, -0.2) is 23.2 Å². The molecule has 9 heteroatoms. The monoisotopic (exact) mass is 443 g/mol. The van der Waals surface area contributed by atoms with Gasteiger partial charge in [0.15, 0.2) is 21.7 Å². The van der Waals surface area contributed by atoms with E-state index in [1.54, 1.807) is 6.07 Å². The van der Waals surface area contributed by atoms with Crippen LogP contribution in [0.25, 0.3) is 11.0 Å². The van der Waals surface area contributed by atoms with E-state index in [1.807, 2.05) is 31.2 Å². The number of aryl methyl sites for hydroxylation is 1. The van der Waals surface area contributed by atoms with Crippen molar-refractivity contribution in [3.8, 4) is 5.75 Å². The molecule has 2 aromatic heterocycles. The van der Waals surface area contributed by atoms with Crippen molar-refractivity contribution in [1.82, 2.24) is 15.5 Å². The molecule has 0 aliphatic heterocycles. The number of fused-ring (bicyclic) bond motifs is 1. The average molecular weight is 444 g/mol. The van der Waals surface area contributed by atoms with Gasteiger partial charge >= 0.3 is 0 Å². The third kappa shape index (κ3) is 4.31. The summed E-state index contributed by atoms with van der Waals surface area (Å²) in [5.74, 6) is 0.0994. The molecule has 2 heterocycles. The maximum atomic E-state index is 13.9. The summed E-state index contributed by atoms with van der Waals surface area (Å²) in [4.78, 5) is 12.9. The molecule has 0 aliphatic rings. The van der Waals surface area contributed by atoms with Crippen molar-refractivity contribution >= 4 is 40.0 Å². The molecule has 0 spiro atoms. The Hall–Kier alpha value is -2.91. The van der Waals surface area contributed by atoms with E-state index in [4.69, 9.17) is 9.15 Å². The zero-order valence-corrected chi connectivity index (χ0v) is 17.9. The fourth-order valence-electron chi connectivity index (χ4n) is 2.98. The molecule has 0 unspecified atom stereocenters. The number of methoxy groups -OCH3 is 1. The van der Waals surface area contributed by atoms with Crippen LogP contribution < -0.4 is 10.1 Å². The Morgan fingerprint density at radius 2 is 2.10 bits per heavy atom. The van der Waals surface area contributed by atoms with Crippen LogP contribution in [0.15, 0.2) is 51.2 Å². The normalized spacial score (nSPS) is 11.0. The molecule has 154 valence electrons. The summed E-state index contributed by atoms with van der Waals surface area (Å²) >= 11 is 3.01. The molecule has 1 N–H and O–H groups in total. The molecule has 0 aliphatic carbocycles. The lowest BCUT2D eigenvalue weighted by Crippen LogP contribution is -2.23. The number of hydrogen-bond acceptors (Lipinski definition) is 7. The molecule has 0 fully saturated rings. The molecule has 0 saturated carbocycles. The number of thioether (sulfide) groups is 1. The van der Waals surface area contributed by atoms with Gasteiger partial charge in [-0.25, -0.2) is 4.39 Å². The van der Waals surface area contributed by atoms with E-state index in [1.165, 1.54) is 42.3 Å². The number of aromatic nitrogens is 2. The van der Waals surface area contributed by atoms with Crippen molar-refractivity contribution in [3.05, 3.63) is 70.2 Å². The first-order chi connectivity index (χ1) is 14.5. The van der Waals surface area contributed by atoms with Crippen LogP contribution in [-0.2, 0) is 12.3 Å². The Labute approximate surface area is 180 Å². The fourth-order valence-corrected chi connectivity index (χ4v) is 4.82. The SMILES string of the molecule is COc1ccc(CNC(=O)c2oc3ccccc3c2CSc2nnc(C)s2)cc1F. The number of nitrogens with one attached hydrogen (secondary N) is 1. The zero-order chi connectivity index (χ0) is 21.1. The lowest BCUT2D eigenvalue weighted by atomic mass is 10.1. The van der Waals surface area contributed by atoms with Crippen molar-refractivity contribution < 1.29 is 18.3 Å². The summed E-state index contributed by atoms with van der Waals surface area (Å²) in [6.07, 6.45) is 0. The highest BCUT2D eigenvalue weighted by atomic mass is 32.2. The van der Waals surface area contributed by atoms with E-state index in [-0.39, 0.29) is 24.0 Å². The number of hydrogen-bond donors (Lipinski definition) is 1. The second-order valence-electron chi connectivity index (χ2n) is 6.43. The molecular formula is C21H18FN3O3S2. The molecule has 0 bridgehead atoms. The quantitative estimate of drug-likeness (QED) is 0.407. The molecule has 30 heavy (non-hydrogen) atoms. The Morgan fingerprint density at radius 3 is 2.83 bits per heavy atom. The van der Waals surface area contributed by atoms with Crippen LogP contribution in [0.5, 0.6) is 5.75 Å². The van der Waals surface area contributed by atoms with E-state index in [0.717, 1.165) is 20.3 Å². The highest BCUT2D eigenvalue weighted by molar-refractivity contribution is 8.00. The van der Waals surface area contributed by atoms with Gasteiger partial charge in [-0.3, -0.25) is 4.79 Å². The van der Waals surface area contributed by atoms with Gasteiger partial charge in [-0.15, -0.1) is 10.2 Å². The minimum Gasteiger partial charge on any atom is -0.494 e. The Kier molecular flexibility index (Phi) is 6.01. The second kappa shape index (κ2) is 8.85. The molecular weight excluding hydrogens is 425 g/mol. The van der Waals surface area contributed by atoms with Crippen molar-refractivity contribution in [2.45, 2.75) is 23.6 Å². The number of nitrogens with zero attached hydrogens (tertiary/aromatic N) is 2.